The van der Waals surface area contributed by atoms with Crippen molar-refractivity contribution in [2.75, 3.05) is 6.54 Å². The molecule has 0 radical (unpaired) electrons. The van der Waals surface area contributed by atoms with Gasteiger partial charge >= 0.3 is 0 Å². The van der Waals surface area contributed by atoms with Crippen molar-refractivity contribution >= 4 is 0 Å². The van der Waals surface area contributed by atoms with Crippen molar-refractivity contribution in [1.82, 2.24) is 0 Å². The van der Waals surface area contributed by atoms with E-state index in [2.05, 4.69) is 6.92 Å². The molecule has 0 aromatic heterocycles. The van der Waals surface area contributed by atoms with Crippen LogP contribution in [0.25, 0.3) is 0 Å². The topological polar surface area (TPSA) is 26.0 Å². The third-order valence-electron chi connectivity index (χ3n) is 4.59. The molecule has 2 heteroatoms. The fourth-order valence-corrected chi connectivity index (χ4v) is 3.28. The summed E-state index contributed by atoms with van der Waals surface area (Å²) in [6.45, 7) is 4.86. The van der Waals surface area contributed by atoms with Crippen molar-refractivity contribution in [3.63, 3.8) is 0 Å². The number of rotatable bonds is 3. The Bertz CT molecular complexity index is 402. The average molecular weight is 249 g/mol. The van der Waals surface area contributed by atoms with Gasteiger partial charge in [-0.25, -0.2) is 4.39 Å². The molecule has 0 bridgehead atoms. The Morgan fingerprint density at radius 2 is 2.11 bits per heavy atom. The molecule has 0 amide bonds. The minimum Gasteiger partial charge on any atom is -0.330 e. The minimum atomic E-state index is -0.106. The summed E-state index contributed by atoms with van der Waals surface area (Å²) >= 11 is 0. The molecule has 1 saturated carbocycles. The molecule has 2 rings (SSSR count). The zero-order valence-electron chi connectivity index (χ0n) is 11.5. The van der Waals surface area contributed by atoms with Crippen molar-refractivity contribution in [2.24, 2.45) is 17.6 Å². The quantitative estimate of drug-likeness (QED) is 0.860. The Morgan fingerprint density at radius 1 is 1.33 bits per heavy atom. The van der Waals surface area contributed by atoms with E-state index in [4.69, 9.17) is 5.73 Å². The Morgan fingerprint density at radius 3 is 2.72 bits per heavy atom. The molecular weight excluding hydrogens is 225 g/mol. The maximum Gasteiger partial charge on any atom is 0.126 e. The molecule has 3 unspecified atom stereocenters. The summed E-state index contributed by atoms with van der Waals surface area (Å²) in [4.78, 5) is 0. The SMILES string of the molecule is CCC1CCC(CN)C(c2ccc(F)c(C)c2)C1. The third-order valence-corrected chi connectivity index (χ3v) is 4.59. The Balaban J connectivity index is 2.23. The first kappa shape index (κ1) is 13.5. The standard InChI is InChI=1S/C16H24FN/c1-3-12-4-5-14(10-18)15(9-12)13-6-7-16(17)11(2)8-13/h6-8,12,14-15H,3-5,9-10,18H2,1-2H3. The van der Waals surface area contributed by atoms with Crippen LogP contribution >= 0.6 is 0 Å². The van der Waals surface area contributed by atoms with Gasteiger partial charge in [0.1, 0.15) is 5.82 Å². The van der Waals surface area contributed by atoms with E-state index in [1.54, 1.807) is 6.07 Å². The van der Waals surface area contributed by atoms with Gasteiger partial charge in [-0.1, -0.05) is 31.9 Å². The van der Waals surface area contributed by atoms with Gasteiger partial charge in [0.25, 0.3) is 0 Å². The normalized spacial score (nSPS) is 28.3. The molecule has 0 aliphatic heterocycles. The predicted octanol–water partition coefficient (Wildman–Crippen LogP) is 4.00. The number of hydrogen-bond donors (Lipinski definition) is 1. The maximum atomic E-state index is 13.4. The number of nitrogens with two attached hydrogens (primary N) is 1. The van der Waals surface area contributed by atoms with E-state index < -0.39 is 0 Å². The molecule has 1 fully saturated rings. The summed E-state index contributed by atoms with van der Waals surface area (Å²) in [6, 6.07) is 5.57. The molecule has 18 heavy (non-hydrogen) atoms. The zero-order valence-corrected chi connectivity index (χ0v) is 11.5. The molecule has 2 N–H and O–H groups in total. The Labute approximate surface area is 110 Å². The fourth-order valence-electron chi connectivity index (χ4n) is 3.28. The second-order valence-corrected chi connectivity index (χ2v) is 5.70. The van der Waals surface area contributed by atoms with E-state index in [-0.39, 0.29) is 5.82 Å². The van der Waals surface area contributed by atoms with Crippen molar-refractivity contribution in [1.29, 1.82) is 0 Å². The predicted molar refractivity (Wildman–Crippen MR) is 74.1 cm³/mol. The molecule has 1 aromatic carbocycles. The summed E-state index contributed by atoms with van der Waals surface area (Å²) in [5.41, 5.74) is 7.94. The van der Waals surface area contributed by atoms with Gasteiger partial charge in [0.05, 0.1) is 0 Å². The van der Waals surface area contributed by atoms with Gasteiger partial charge in [0.15, 0.2) is 0 Å². The number of halogens is 1. The second kappa shape index (κ2) is 5.83. The summed E-state index contributed by atoms with van der Waals surface area (Å²) in [6.07, 6.45) is 4.97. The van der Waals surface area contributed by atoms with Gasteiger partial charge < -0.3 is 5.73 Å². The Kier molecular flexibility index (Phi) is 4.39. The summed E-state index contributed by atoms with van der Waals surface area (Å²) in [5.74, 6) is 1.79. The van der Waals surface area contributed by atoms with Crippen LogP contribution in [-0.4, -0.2) is 6.54 Å². The molecule has 3 atom stereocenters. The highest BCUT2D eigenvalue weighted by molar-refractivity contribution is 5.28. The molecule has 0 saturated heterocycles. The van der Waals surface area contributed by atoms with Crippen LogP contribution in [0.15, 0.2) is 18.2 Å². The molecule has 0 heterocycles. The average Bonchev–Trinajstić information content (AvgIpc) is 2.41. The van der Waals surface area contributed by atoms with Gasteiger partial charge in [-0.15, -0.1) is 0 Å². The first-order chi connectivity index (χ1) is 8.65. The van der Waals surface area contributed by atoms with Crippen LogP contribution in [0, 0.1) is 24.6 Å². The molecule has 0 spiro atoms. The van der Waals surface area contributed by atoms with Crippen LogP contribution in [0.1, 0.15) is 49.7 Å². The van der Waals surface area contributed by atoms with Gasteiger partial charge in [0.2, 0.25) is 0 Å². The van der Waals surface area contributed by atoms with Crippen molar-refractivity contribution in [3.8, 4) is 0 Å². The number of hydrogen-bond acceptors (Lipinski definition) is 1. The summed E-state index contributed by atoms with van der Waals surface area (Å²) < 4.78 is 13.4. The molecule has 1 aliphatic carbocycles. The smallest absolute Gasteiger partial charge is 0.126 e. The monoisotopic (exact) mass is 249 g/mol. The summed E-state index contributed by atoms with van der Waals surface area (Å²) in [5, 5.41) is 0. The van der Waals surface area contributed by atoms with Crippen LogP contribution in [-0.2, 0) is 0 Å². The van der Waals surface area contributed by atoms with E-state index in [1.807, 2.05) is 19.1 Å². The Hall–Kier alpha value is -0.890. The van der Waals surface area contributed by atoms with E-state index in [0.29, 0.717) is 11.8 Å². The van der Waals surface area contributed by atoms with Crippen LogP contribution < -0.4 is 5.73 Å². The highest BCUT2D eigenvalue weighted by atomic mass is 19.1. The lowest BCUT2D eigenvalue weighted by atomic mass is 9.70. The lowest BCUT2D eigenvalue weighted by Gasteiger charge is -2.36. The molecule has 100 valence electrons. The fraction of sp³-hybridized carbons (Fsp3) is 0.625. The number of aryl methyl sites for hydroxylation is 1. The lowest BCUT2D eigenvalue weighted by Crippen LogP contribution is -2.29. The molecular formula is C16H24FN. The second-order valence-electron chi connectivity index (χ2n) is 5.70. The summed E-state index contributed by atoms with van der Waals surface area (Å²) in [7, 11) is 0. The minimum absolute atomic E-state index is 0.106. The lowest BCUT2D eigenvalue weighted by molar-refractivity contribution is 0.236. The molecule has 1 aromatic rings. The first-order valence-corrected chi connectivity index (χ1v) is 7.11. The van der Waals surface area contributed by atoms with Crippen molar-refractivity contribution < 1.29 is 4.39 Å². The van der Waals surface area contributed by atoms with E-state index in [9.17, 15) is 4.39 Å². The van der Waals surface area contributed by atoms with Crippen molar-refractivity contribution in [3.05, 3.63) is 35.1 Å². The van der Waals surface area contributed by atoms with E-state index >= 15 is 0 Å². The zero-order chi connectivity index (χ0) is 13.1. The maximum absolute atomic E-state index is 13.4. The molecule has 1 nitrogen and oxygen atoms in total. The van der Waals surface area contributed by atoms with Crippen molar-refractivity contribution in [2.45, 2.75) is 45.4 Å². The molecule has 1 aliphatic rings. The van der Waals surface area contributed by atoms with Crippen LogP contribution in [0.2, 0.25) is 0 Å². The van der Waals surface area contributed by atoms with Crippen LogP contribution in [0.3, 0.4) is 0 Å². The van der Waals surface area contributed by atoms with E-state index in [0.717, 1.165) is 18.0 Å². The largest absolute Gasteiger partial charge is 0.330 e. The third kappa shape index (κ3) is 2.74. The first-order valence-electron chi connectivity index (χ1n) is 7.11. The van der Waals surface area contributed by atoms with Crippen LogP contribution in [0.4, 0.5) is 4.39 Å². The van der Waals surface area contributed by atoms with Gasteiger partial charge in [-0.2, -0.15) is 0 Å². The number of benzene rings is 1. The highest BCUT2D eigenvalue weighted by Crippen LogP contribution is 2.41. The van der Waals surface area contributed by atoms with Gasteiger partial charge in [0, 0.05) is 0 Å². The van der Waals surface area contributed by atoms with Gasteiger partial charge in [-0.05, 0) is 61.3 Å². The van der Waals surface area contributed by atoms with E-state index in [1.165, 1.54) is 31.2 Å². The highest BCUT2D eigenvalue weighted by Gasteiger charge is 2.30. The van der Waals surface area contributed by atoms with Gasteiger partial charge in [-0.3, -0.25) is 0 Å². The van der Waals surface area contributed by atoms with Crippen LogP contribution in [0.5, 0.6) is 0 Å².